The summed E-state index contributed by atoms with van der Waals surface area (Å²) in [5.74, 6) is 0.641. The number of nitrogens with one attached hydrogen (secondary N) is 2. The molecule has 5 heteroatoms. The number of halogens is 1. The summed E-state index contributed by atoms with van der Waals surface area (Å²) in [4.78, 5) is 19.2. The maximum absolute atomic E-state index is 12.1. The molecule has 0 fully saturated rings. The van der Waals surface area contributed by atoms with Crippen LogP contribution in [0.3, 0.4) is 0 Å². The summed E-state index contributed by atoms with van der Waals surface area (Å²) in [7, 11) is 0. The molecule has 1 aromatic heterocycles. The van der Waals surface area contributed by atoms with Crippen LogP contribution in [0.15, 0.2) is 27.5 Å². The van der Waals surface area contributed by atoms with Gasteiger partial charge in [0.1, 0.15) is 5.82 Å². The zero-order chi connectivity index (χ0) is 14.9. The lowest BCUT2D eigenvalue weighted by Gasteiger charge is -2.17. The molecule has 1 aromatic carbocycles. The smallest absolute Gasteiger partial charge is 0.256 e. The van der Waals surface area contributed by atoms with Crippen LogP contribution in [-0.4, -0.2) is 9.97 Å². The lowest BCUT2D eigenvalue weighted by Crippen LogP contribution is -2.23. The van der Waals surface area contributed by atoms with Crippen molar-refractivity contribution >= 4 is 21.6 Å². The minimum atomic E-state index is -0.111. The molecular formula is C15H18BrN3O. The Labute approximate surface area is 126 Å². The average Bonchev–Trinajstić information content (AvgIpc) is 2.25. The highest BCUT2D eigenvalue weighted by molar-refractivity contribution is 9.10. The van der Waals surface area contributed by atoms with Crippen LogP contribution < -0.4 is 10.9 Å². The molecule has 0 aliphatic heterocycles. The predicted molar refractivity (Wildman–Crippen MR) is 85.2 cm³/mol. The van der Waals surface area contributed by atoms with E-state index in [0.29, 0.717) is 11.4 Å². The monoisotopic (exact) mass is 335 g/mol. The Morgan fingerprint density at radius 3 is 2.55 bits per heavy atom. The highest BCUT2D eigenvalue weighted by Gasteiger charge is 2.14. The van der Waals surface area contributed by atoms with E-state index in [9.17, 15) is 4.79 Å². The second-order valence-electron chi connectivity index (χ2n) is 5.03. The van der Waals surface area contributed by atoms with Crippen molar-refractivity contribution in [3.63, 3.8) is 0 Å². The molecule has 0 radical (unpaired) electrons. The fraction of sp³-hybridized carbons (Fsp3) is 0.333. The fourth-order valence-corrected chi connectivity index (χ4v) is 3.00. The van der Waals surface area contributed by atoms with Crippen LogP contribution in [0.1, 0.15) is 35.6 Å². The molecule has 0 spiro atoms. The first kappa shape index (κ1) is 14.8. The molecule has 2 N–H and O–H groups in total. The number of rotatable bonds is 3. The number of aromatic nitrogens is 2. The molecule has 1 atom stereocenters. The summed E-state index contributed by atoms with van der Waals surface area (Å²) in [5, 5.41) is 3.35. The van der Waals surface area contributed by atoms with Crippen LogP contribution in [0.5, 0.6) is 0 Å². The fourth-order valence-electron chi connectivity index (χ4n) is 2.39. The van der Waals surface area contributed by atoms with Gasteiger partial charge in [-0.25, -0.2) is 4.98 Å². The van der Waals surface area contributed by atoms with E-state index in [1.807, 2.05) is 39.0 Å². The van der Waals surface area contributed by atoms with Gasteiger partial charge in [-0.3, -0.25) is 4.79 Å². The van der Waals surface area contributed by atoms with Crippen molar-refractivity contribution in [2.45, 2.75) is 33.7 Å². The Bertz CT molecular complexity index is 674. The van der Waals surface area contributed by atoms with E-state index in [4.69, 9.17) is 0 Å². The number of aryl methyl sites for hydroxylation is 3. The molecule has 2 aromatic rings. The summed E-state index contributed by atoms with van der Waals surface area (Å²) in [5.41, 5.74) is 3.48. The predicted octanol–water partition coefficient (Wildman–Crippen LogP) is 3.63. The third-order valence-corrected chi connectivity index (χ3v) is 3.58. The quantitative estimate of drug-likeness (QED) is 0.900. The van der Waals surface area contributed by atoms with E-state index >= 15 is 0 Å². The maximum Gasteiger partial charge on any atom is 0.256 e. The van der Waals surface area contributed by atoms with Gasteiger partial charge >= 0.3 is 0 Å². The highest BCUT2D eigenvalue weighted by atomic mass is 79.9. The SMILES string of the molecule is Cc1cc(Br)cc(NC(C)c2c(C)nc(C)[nH]c2=O)c1. The minimum absolute atomic E-state index is 0.0817. The van der Waals surface area contributed by atoms with Gasteiger partial charge in [0.15, 0.2) is 0 Å². The number of benzene rings is 1. The van der Waals surface area contributed by atoms with Crippen LogP contribution in [0.25, 0.3) is 0 Å². The Morgan fingerprint density at radius 1 is 1.25 bits per heavy atom. The molecule has 1 unspecified atom stereocenters. The molecule has 0 aliphatic carbocycles. The van der Waals surface area contributed by atoms with Gasteiger partial charge in [0.25, 0.3) is 5.56 Å². The normalized spacial score (nSPS) is 12.2. The third-order valence-electron chi connectivity index (χ3n) is 3.12. The molecule has 2 rings (SSSR count). The summed E-state index contributed by atoms with van der Waals surface area (Å²) < 4.78 is 1.01. The van der Waals surface area contributed by atoms with Crippen LogP contribution in [0, 0.1) is 20.8 Å². The molecule has 0 saturated carbocycles. The standard InChI is InChI=1S/C15H18BrN3O/c1-8-5-12(16)7-13(6-8)18-10(3)14-9(2)17-11(4)19-15(14)20/h5-7,10,18H,1-4H3,(H,17,19,20). The summed E-state index contributed by atoms with van der Waals surface area (Å²) >= 11 is 3.48. The van der Waals surface area contributed by atoms with Crippen molar-refractivity contribution in [1.82, 2.24) is 9.97 Å². The Morgan fingerprint density at radius 2 is 1.95 bits per heavy atom. The molecule has 106 valence electrons. The number of hydrogen-bond acceptors (Lipinski definition) is 3. The highest BCUT2D eigenvalue weighted by Crippen LogP contribution is 2.23. The first-order valence-corrected chi connectivity index (χ1v) is 7.27. The van der Waals surface area contributed by atoms with E-state index in [1.54, 1.807) is 6.92 Å². The number of aromatic amines is 1. The number of hydrogen-bond donors (Lipinski definition) is 2. The van der Waals surface area contributed by atoms with Crippen LogP contribution in [0.4, 0.5) is 5.69 Å². The zero-order valence-corrected chi connectivity index (χ0v) is 13.6. The maximum atomic E-state index is 12.1. The van der Waals surface area contributed by atoms with Crippen LogP contribution in [0.2, 0.25) is 0 Å². The van der Waals surface area contributed by atoms with Gasteiger partial charge in [-0.05, 0) is 51.5 Å². The topological polar surface area (TPSA) is 57.8 Å². The van der Waals surface area contributed by atoms with Crippen molar-refractivity contribution in [3.8, 4) is 0 Å². The third kappa shape index (κ3) is 3.28. The number of nitrogens with zero attached hydrogens (tertiary/aromatic N) is 1. The molecule has 20 heavy (non-hydrogen) atoms. The molecule has 4 nitrogen and oxygen atoms in total. The first-order chi connectivity index (χ1) is 9.36. The van der Waals surface area contributed by atoms with Crippen molar-refractivity contribution in [1.29, 1.82) is 0 Å². The molecule has 0 bridgehead atoms. The van der Waals surface area contributed by atoms with Crippen molar-refractivity contribution in [2.75, 3.05) is 5.32 Å². The zero-order valence-electron chi connectivity index (χ0n) is 12.0. The van der Waals surface area contributed by atoms with Gasteiger partial charge in [0.2, 0.25) is 0 Å². The second kappa shape index (κ2) is 5.79. The van der Waals surface area contributed by atoms with E-state index in [2.05, 4.69) is 31.2 Å². The average molecular weight is 336 g/mol. The Kier molecular flexibility index (Phi) is 4.28. The van der Waals surface area contributed by atoms with Crippen LogP contribution >= 0.6 is 15.9 Å². The van der Waals surface area contributed by atoms with E-state index in [0.717, 1.165) is 21.4 Å². The van der Waals surface area contributed by atoms with Gasteiger partial charge < -0.3 is 10.3 Å². The molecule has 0 saturated heterocycles. The van der Waals surface area contributed by atoms with Gasteiger partial charge in [-0.2, -0.15) is 0 Å². The number of anilines is 1. The van der Waals surface area contributed by atoms with Crippen LogP contribution in [-0.2, 0) is 0 Å². The summed E-state index contributed by atoms with van der Waals surface area (Å²) in [6, 6.07) is 5.98. The molecule has 0 aliphatic rings. The lowest BCUT2D eigenvalue weighted by molar-refractivity contribution is 0.813. The van der Waals surface area contributed by atoms with Crippen molar-refractivity contribution in [2.24, 2.45) is 0 Å². The van der Waals surface area contributed by atoms with Gasteiger partial charge in [-0.1, -0.05) is 15.9 Å². The van der Waals surface area contributed by atoms with Gasteiger partial charge in [0, 0.05) is 10.2 Å². The van der Waals surface area contributed by atoms with E-state index in [-0.39, 0.29) is 11.6 Å². The first-order valence-electron chi connectivity index (χ1n) is 6.48. The summed E-state index contributed by atoms with van der Waals surface area (Å²) in [6.45, 7) is 7.65. The minimum Gasteiger partial charge on any atom is -0.378 e. The Hall–Kier alpha value is -1.62. The largest absolute Gasteiger partial charge is 0.378 e. The number of H-pyrrole nitrogens is 1. The Balaban J connectivity index is 2.33. The molecule has 0 amide bonds. The lowest BCUT2D eigenvalue weighted by atomic mass is 10.1. The second-order valence-corrected chi connectivity index (χ2v) is 5.95. The van der Waals surface area contributed by atoms with Crippen molar-refractivity contribution < 1.29 is 0 Å². The molecule has 1 heterocycles. The van der Waals surface area contributed by atoms with E-state index < -0.39 is 0 Å². The molecular weight excluding hydrogens is 318 g/mol. The van der Waals surface area contributed by atoms with Gasteiger partial charge in [0.05, 0.1) is 17.3 Å². The van der Waals surface area contributed by atoms with Gasteiger partial charge in [-0.15, -0.1) is 0 Å². The van der Waals surface area contributed by atoms with E-state index in [1.165, 1.54) is 0 Å². The summed E-state index contributed by atoms with van der Waals surface area (Å²) in [6.07, 6.45) is 0. The van der Waals surface area contributed by atoms with Crippen molar-refractivity contribution in [3.05, 3.63) is 55.7 Å².